The van der Waals surface area contributed by atoms with Gasteiger partial charge in [0.1, 0.15) is 5.01 Å². The first-order chi connectivity index (χ1) is 16.0. The molecular weight excluding hydrogens is 456 g/mol. The van der Waals surface area contributed by atoms with Gasteiger partial charge in [-0.3, -0.25) is 14.9 Å². The fourth-order valence-electron chi connectivity index (χ4n) is 3.65. The summed E-state index contributed by atoms with van der Waals surface area (Å²) in [6, 6.07) is 13.5. The van der Waals surface area contributed by atoms with E-state index in [4.69, 9.17) is 4.74 Å². The molecule has 2 aromatic carbocycles. The van der Waals surface area contributed by atoms with Crippen LogP contribution in [0.1, 0.15) is 38.8 Å². The molecular formula is C24H26N4O3S2. The highest BCUT2D eigenvalue weighted by molar-refractivity contribution is 7.99. The molecule has 4 rings (SSSR count). The zero-order chi connectivity index (χ0) is 23.4. The van der Waals surface area contributed by atoms with E-state index in [1.54, 1.807) is 24.9 Å². The van der Waals surface area contributed by atoms with Gasteiger partial charge in [-0.2, -0.15) is 0 Å². The van der Waals surface area contributed by atoms with Crippen LogP contribution in [0.4, 0.5) is 10.8 Å². The lowest BCUT2D eigenvalue weighted by Crippen LogP contribution is -2.24. The molecule has 1 aromatic heterocycles. The Labute approximate surface area is 201 Å². The quantitative estimate of drug-likeness (QED) is 0.371. The van der Waals surface area contributed by atoms with Gasteiger partial charge in [-0.05, 0) is 49.2 Å². The zero-order valence-corrected chi connectivity index (χ0v) is 20.5. The summed E-state index contributed by atoms with van der Waals surface area (Å²) in [4.78, 5) is 28.2. The molecule has 0 bridgehead atoms. The summed E-state index contributed by atoms with van der Waals surface area (Å²) in [7, 11) is 1.66. The third kappa shape index (κ3) is 5.43. The van der Waals surface area contributed by atoms with Gasteiger partial charge in [-0.1, -0.05) is 29.5 Å². The van der Waals surface area contributed by atoms with Crippen molar-refractivity contribution in [2.75, 3.05) is 36.2 Å². The van der Waals surface area contributed by atoms with Crippen LogP contribution in [0.2, 0.25) is 0 Å². The summed E-state index contributed by atoms with van der Waals surface area (Å²) in [5, 5.41) is 12.5. The smallest absolute Gasteiger partial charge is 0.258 e. The number of amides is 2. The number of thioether (sulfide) groups is 1. The number of hydrogen-bond acceptors (Lipinski definition) is 7. The van der Waals surface area contributed by atoms with Crippen LogP contribution >= 0.6 is 23.1 Å². The number of benzene rings is 2. The molecule has 0 saturated carbocycles. The summed E-state index contributed by atoms with van der Waals surface area (Å²) in [5.41, 5.74) is 3.86. The molecule has 3 aromatic rings. The highest BCUT2D eigenvalue weighted by Crippen LogP contribution is 2.35. The van der Waals surface area contributed by atoms with Gasteiger partial charge in [-0.25, -0.2) is 0 Å². The Morgan fingerprint density at radius 2 is 2.03 bits per heavy atom. The van der Waals surface area contributed by atoms with Crippen molar-refractivity contribution in [2.24, 2.45) is 0 Å². The molecule has 0 spiro atoms. The van der Waals surface area contributed by atoms with E-state index in [-0.39, 0.29) is 17.7 Å². The van der Waals surface area contributed by atoms with E-state index in [2.05, 4.69) is 22.4 Å². The van der Waals surface area contributed by atoms with Gasteiger partial charge >= 0.3 is 0 Å². The summed E-state index contributed by atoms with van der Waals surface area (Å²) < 4.78 is 5.10. The van der Waals surface area contributed by atoms with Gasteiger partial charge < -0.3 is 9.64 Å². The molecule has 1 saturated heterocycles. The summed E-state index contributed by atoms with van der Waals surface area (Å²) >= 11 is 2.90. The lowest BCUT2D eigenvalue weighted by molar-refractivity contribution is -0.117. The molecule has 2 amide bonds. The van der Waals surface area contributed by atoms with Gasteiger partial charge in [-0.15, -0.1) is 22.0 Å². The maximum Gasteiger partial charge on any atom is 0.258 e. The van der Waals surface area contributed by atoms with E-state index >= 15 is 0 Å². The van der Waals surface area contributed by atoms with E-state index < -0.39 is 0 Å². The minimum absolute atomic E-state index is 0.0425. The lowest BCUT2D eigenvalue weighted by atomic mass is 10.1. The van der Waals surface area contributed by atoms with Crippen molar-refractivity contribution in [3.8, 4) is 0 Å². The standard InChI is InChI=1S/C24H26N4O3S2/c1-15-8-9-18(12-16(15)2)28-14-17(13-21(28)29)23-26-27-24(33-23)25-22(30)19-6-4-5-7-20(19)32-11-10-31-3/h4-9,12,17H,10-11,13-14H2,1-3H3,(H,25,27,30). The molecule has 1 N–H and O–H groups in total. The first-order valence-corrected chi connectivity index (χ1v) is 12.5. The first kappa shape index (κ1) is 23.4. The van der Waals surface area contributed by atoms with Gasteiger partial charge in [0.2, 0.25) is 11.0 Å². The molecule has 0 radical (unpaired) electrons. The second-order valence-electron chi connectivity index (χ2n) is 7.91. The number of carbonyl (C=O) groups is 2. The van der Waals surface area contributed by atoms with E-state index in [1.165, 1.54) is 16.9 Å². The van der Waals surface area contributed by atoms with E-state index in [9.17, 15) is 9.59 Å². The topological polar surface area (TPSA) is 84.4 Å². The second-order valence-corrected chi connectivity index (χ2v) is 10.1. The average molecular weight is 483 g/mol. The lowest BCUT2D eigenvalue weighted by Gasteiger charge is -2.17. The van der Waals surface area contributed by atoms with Gasteiger partial charge in [0, 0.05) is 42.3 Å². The van der Waals surface area contributed by atoms with Crippen molar-refractivity contribution in [1.29, 1.82) is 0 Å². The minimum Gasteiger partial charge on any atom is -0.384 e. The van der Waals surface area contributed by atoms with Crippen LogP contribution in [-0.2, 0) is 9.53 Å². The summed E-state index contributed by atoms with van der Waals surface area (Å²) in [6.45, 7) is 5.27. The fraction of sp³-hybridized carbons (Fsp3) is 0.333. The van der Waals surface area contributed by atoms with Crippen molar-refractivity contribution in [3.05, 3.63) is 64.2 Å². The number of nitrogens with one attached hydrogen (secondary N) is 1. The van der Waals surface area contributed by atoms with Gasteiger partial charge in [0.05, 0.1) is 12.2 Å². The highest BCUT2D eigenvalue weighted by atomic mass is 32.2. The predicted octanol–water partition coefficient (Wildman–Crippen LogP) is 4.67. The number of methoxy groups -OCH3 is 1. The van der Waals surface area contributed by atoms with E-state index in [0.29, 0.717) is 30.3 Å². The second kappa shape index (κ2) is 10.5. The Morgan fingerprint density at radius 3 is 2.82 bits per heavy atom. The SMILES string of the molecule is COCCSc1ccccc1C(=O)Nc1nnc(C2CC(=O)N(c3ccc(C)c(C)c3)C2)s1. The number of rotatable bonds is 8. The molecule has 1 aliphatic heterocycles. The minimum atomic E-state index is -0.225. The molecule has 9 heteroatoms. The Morgan fingerprint density at radius 1 is 1.21 bits per heavy atom. The number of nitrogens with zero attached hydrogens (tertiary/aromatic N) is 3. The molecule has 7 nitrogen and oxygen atoms in total. The van der Waals surface area contributed by atoms with Crippen LogP contribution in [0.5, 0.6) is 0 Å². The molecule has 1 unspecified atom stereocenters. The van der Waals surface area contributed by atoms with Crippen molar-refractivity contribution in [3.63, 3.8) is 0 Å². The van der Waals surface area contributed by atoms with Crippen molar-refractivity contribution in [2.45, 2.75) is 31.1 Å². The molecule has 172 valence electrons. The third-order valence-corrected chi connectivity index (χ3v) is 7.65. The molecule has 1 aliphatic rings. The number of anilines is 2. The molecule has 1 fully saturated rings. The van der Waals surface area contributed by atoms with Crippen LogP contribution in [0.3, 0.4) is 0 Å². The first-order valence-electron chi connectivity index (χ1n) is 10.7. The Hall–Kier alpha value is -2.75. The number of aromatic nitrogens is 2. The van der Waals surface area contributed by atoms with Crippen LogP contribution < -0.4 is 10.2 Å². The van der Waals surface area contributed by atoms with E-state index in [1.807, 2.05) is 48.2 Å². The zero-order valence-electron chi connectivity index (χ0n) is 18.8. The predicted molar refractivity (Wildman–Crippen MR) is 133 cm³/mol. The molecule has 2 heterocycles. The number of ether oxygens (including phenoxy) is 1. The Kier molecular flexibility index (Phi) is 7.42. The monoisotopic (exact) mass is 482 g/mol. The van der Waals surface area contributed by atoms with Gasteiger partial charge in [0.25, 0.3) is 5.91 Å². The molecule has 1 atom stereocenters. The molecule has 33 heavy (non-hydrogen) atoms. The number of hydrogen-bond donors (Lipinski definition) is 1. The average Bonchev–Trinajstić information content (AvgIpc) is 3.42. The van der Waals surface area contributed by atoms with Crippen LogP contribution in [0.15, 0.2) is 47.4 Å². The maximum absolute atomic E-state index is 12.9. The summed E-state index contributed by atoms with van der Waals surface area (Å²) in [6.07, 6.45) is 0.383. The number of aryl methyl sites for hydroxylation is 2. The molecule has 0 aliphatic carbocycles. The van der Waals surface area contributed by atoms with Crippen LogP contribution in [0, 0.1) is 13.8 Å². The van der Waals surface area contributed by atoms with Crippen molar-refractivity contribution >= 4 is 45.7 Å². The number of carbonyl (C=O) groups excluding carboxylic acids is 2. The van der Waals surface area contributed by atoms with Crippen molar-refractivity contribution in [1.82, 2.24) is 10.2 Å². The van der Waals surface area contributed by atoms with Crippen LogP contribution in [0.25, 0.3) is 0 Å². The van der Waals surface area contributed by atoms with Crippen LogP contribution in [-0.4, -0.2) is 48.0 Å². The maximum atomic E-state index is 12.9. The fourth-order valence-corrected chi connectivity index (χ4v) is 5.44. The normalized spacial score (nSPS) is 15.8. The van der Waals surface area contributed by atoms with E-state index in [0.717, 1.165) is 26.9 Å². The third-order valence-electron chi connectivity index (χ3n) is 5.61. The Bertz CT molecular complexity index is 1160. The largest absolute Gasteiger partial charge is 0.384 e. The van der Waals surface area contributed by atoms with Gasteiger partial charge in [0.15, 0.2) is 0 Å². The summed E-state index contributed by atoms with van der Waals surface area (Å²) in [5.74, 6) is 0.568. The highest BCUT2D eigenvalue weighted by Gasteiger charge is 2.34. The van der Waals surface area contributed by atoms with Crippen molar-refractivity contribution < 1.29 is 14.3 Å². The Balaban J connectivity index is 1.43.